The topological polar surface area (TPSA) is 31.0 Å². The van der Waals surface area contributed by atoms with Crippen molar-refractivity contribution >= 4 is 11.5 Å². The third-order valence-corrected chi connectivity index (χ3v) is 3.07. The van der Waals surface area contributed by atoms with Gasteiger partial charge in [-0.25, -0.2) is 4.99 Å². The summed E-state index contributed by atoms with van der Waals surface area (Å²) in [5, 5.41) is 0. The van der Waals surface area contributed by atoms with Crippen LogP contribution >= 0.6 is 0 Å². The van der Waals surface area contributed by atoms with E-state index in [9.17, 15) is 4.79 Å². The molecule has 1 aliphatic carbocycles. The number of rotatable bonds is 4. The molecule has 0 bridgehead atoms. The van der Waals surface area contributed by atoms with E-state index in [-0.39, 0.29) is 11.3 Å². The predicted octanol–water partition coefficient (Wildman–Crippen LogP) is 2.18. The molecular formula is C15H26NO+. The highest BCUT2D eigenvalue weighted by Gasteiger charge is 2.25. The van der Waals surface area contributed by atoms with Gasteiger partial charge >= 0.3 is 0 Å². The zero-order chi connectivity index (χ0) is 12.9. The summed E-state index contributed by atoms with van der Waals surface area (Å²) in [6.45, 7) is 8.23. The number of carbonyl (C=O) groups excluding carboxylic acids is 1. The van der Waals surface area contributed by atoms with E-state index in [0.717, 1.165) is 18.6 Å². The molecule has 2 heteroatoms. The van der Waals surface area contributed by atoms with Gasteiger partial charge in [-0.05, 0) is 31.8 Å². The summed E-state index contributed by atoms with van der Waals surface area (Å²) >= 11 is 0. The summed E-state index contributed by atoms with van der Waals surface area (Å²) in [5.41, 5.74) is 2.38. The molecule has 0 aromatic carbocycles. The maximum atomic E-state index is 12.0. The van der Waals surface area contributed by atoms with Crippen LogP contribution < -0.4 is 4.99 Å². The smallest absolute Gasteiger partial charge is 0.162 e. The molecule has 0 aromatic heterocycles. The fraction of sp³-hybridized carbons (Fsp3) is 0.733. The van der Waals surface area contributed by atoms with Gasteiger partial charge in [0, 0.05) is 27.7 Å². The van der Waals surface area contributed by atoms with Crippen molar-refractivity contribution in [1.29, 1.82) is 0 Å². The highest BCUT2D eigenvalue weighted by atomic mass is 16.1. The average Bonchev–Trinajstić information content (AvgIpc) is 2.15. The SMILES string of the molecule is CC(C)=[NH+]C(C)(C)CC(=O)C=C1CCCCC1. The average molecular weight is 236 g/mol. The monoisotopic (exact) mass is 236 g/mol. The summed E-state index contributed by atoms with van der Waals surface area (Å²) in [6, 6.07) is 0. The first-order valence-corrected chi connectivity index (χ1v) is 6.70. The molecule has 0 spiro atoms. The molecule has 1 rings (SSSR count). The van der Waals surface area contributed by atoms with Gasteiger partial charge in [-0.15, -0.1) is 0 Å². The molecule has 96 valence electrons. The highest BCUT2D eigenvalue weighted by molar-refractivity contribution is 5.91. The maximum absolute atomic E-state index is 12.0. The molecule has 0 heterocycles. The van der Waals surface area contributed by atoms with Crippen molar-refractivity contribution in [3.05, 3.63) is 11.6 Å². The fourth-order valence-electron chi connectivity index (χ4n) is 2.59. The lowest BCUT2D eigenvalue weighted by Crippen LogP contribution is -2.85. The van der Waals surface area contributed by atoms with Gasteiger partial charge in [0.05, 0.1) is 6.42 Å². The molecule has 0 aromatic rings. The number of allylic oxidation sites excluding steroid dienone is 2. The van der Waals surface area contributed by atoms with Crippen LogP contribution in [0.4, 0.5) is 0 Å². The minimum atomic E-state index is -0.137. The van der Waals surface area contributed by atoms with Crippen LogP contribution in [0, 0.1) is 0 Å². The van der Waals surface area contributed by atoms with Gasteiger partial charge in [0.1, 0.15) is 5.71 Å². The number of nitrogens with one attached hydrogen (secondary N) is 1. The minimum absolute atomic E-state index is 0.137. The number of carbonyl (C=O) groups is 1. The second-order valence-corrected chi connectivity index (χ2v) is 6.02. The Morgan fingerprint density at radius 2 is 1.82 bits per heavy atom. The summed E-state index contributed by atoms with van der Waals surface area (Å²) < 4.78 is 0. The van der Waals surface area contributed by atoms with E-state index in [4.69, 9.17) is 0 Å². The van der Waals surface area contributed by atoms with Crippen molar-refractivity contribution in [1.82, 2.24) is 0 Å². The first-order chi connectivity index (χ1) is 7.89. The lowest BCUT2D eigenvalue weighted by Gasteiger charge is -2.15. The van der Waals surface area contributed by atoms with E-state index in [0.29, 0.717) is 6.42 Å². The van der Waals surface area contributed by atoms with E-state index in [1.54, 1.807) is 0 Å². The molecule has 1 fully saturated rings. The molecular weight excluding hydrogens is 210 g/mol. The van der Waals surface area contributed by atoms with E-state index in [1.165, 1.54) is 24.8 Å². The van der Waals surface area contributed by atoms with E-state index in [2.05, 4.69) is 18.8 Å². The van der Waals surface area contributed by atoms with Gasteiger partial charge in [0.25, 0.3) is 0 Å². The Morgan fingerprint density at radius 1 is 1.24 bits per heavy atom. The molecule has 17 heavy (non-hydrogen) atoms. The standard InChI is InChI=1S/C15H25NO/c1-12(2)16-15(3,4)11-14(17)10-13-8-6-5-7-9-13/h10H,5-9,11H2,1-4H3/p+1. The second-order valence-electron chi connectivity index (χ2n) is 6.02. The van der Waals surface area contributed by atoms with Gasteiger partial charge in [0.15, 0.2) is 11.3 Å². The number of ketones is 1. The summed E-state index contributed by atoms with van der Waals surface area (Å²) in [6.07, 6.45) is 8.54. The Balaban J connectivity index is 2.56. The van der Waals surface area contributed by atoms with Crippen LogP contribution in [0.25, 0.3) is 0 Å². The molecule has 0 aliphatic heterocycles. The van der Waals surface area contributed by atoms with E-state index < -0.39 is 0 Å². The predicted molar refractivity (Wildman–Crippen MR) is 72.2 cm³/mol. The first-order valence-electron chi connectivity index (χ1n) is 6.70. The van der Waals surface area contributed by atoms with Crippen LogP contribution in [0.15, 0.2) is 11.6 Å². The molecule has 1 saturated carbocycles. The van der Waals surface area contributed by atoms with Gasteiger partial charge in [-0.3, -0.25) is 4.79 Å². The van der Waals surface area contributed by atoms with Crippen molar-refractivity contribution in [3.8, 4) is 0 Å². The molecule has 0 unspecified atom stereocenters. The largest absolute Gasteiger partial charge is 0.295 e. The van der Waals surface area contributed by atoms with Crippen LogP contribution in [-0.2, 0) is 4.79 Å². The number of hydrogen-bond donors (Lipinski definition) is 1. The first kappa shape index (κ1) is 14.1. The van der Waals surface area contributed by atoms with Gasteiger partial charge in [-0.2, -0.15) is 0 Å². The Bertz CT molecular complexity index is 325. The molecule has 2 nitrogen and oxygen atoms in total. The van der Waals surface area contributed by atoms with Crippen LogP contribution in [0.1, 0.15) is 66.2 Å². The van der Waals surface area contributed by atoms with Crippen LogP contribution in [0.5, 0.6) is 0 Å². The third-order valence-electron chi connectivity index (χ3n) is 3.07. The summed E-state index contributed by atoms with van der Waals surface area (Å²) in [5.74, 6) is 0.264. The molecule has 0 radical (unpaired) electrons. The molecule has 1 aliphatic rings. The van der Waals surface area contributed by atoms with Crippen LogP contribution in [0.2, 0.25) is 0 Å². The van der Waals surface area contributed by atoms with Crippen LogP contribution in [-0.4, -0.2) is 17.0 Å². The minimum Gasteiger partial charge on any atom is -0.295 e. The second kappa shape index (κ2) is 6.13. The lowest BCUT2D eigenvalue weighted by atomic mass is 9.91. The van der Waals surface area contributed by atoms with Gasteiger partial charge in [-0.1, -0.05) is 12.0 Å². The Labute approximate surface area is 105 Å². The Morgan fingerprint density at radius 3 is 2.35 bits per heavy atom. The van der Waals surface area contributed by atoms with Crippen molar-refractivity contribution in [3.63, 3.8) is 0 Å². The normalized spacial score (nSPS) is 16.6. The molecule has 1 N–H and O–H groups in total. The number of hydrogen-bond acceptors (Lipinski definition) is 1. The van der Waals surface area contributed by atoms with Crippen molar-refractivity contribution in [2.45, 2.75) is 71.8 Å². The van der Waals surface area contributed by atoms with Gasteiger partial charge in [0.2, 0.25) is 0 Å². The van der Waals surface area contributed by atoms with E-state index in [1.807, 2.05) is 19.9 Å². The third kappa shape index (κ3) is 5.81. The summed E-state index contributed by atoms with van der Waals surface area (Å²) in [4.78, 5) is 15.3. The molecule has 0 atom stereocenters. The zero-order valence-corrected chi connectivity index (χ0v) is 11.7. The quantitative estimate of drug-likeness (QED) is 0.588. The van der Waals surface area contributed by atoms with Crippen molar-refractivity contribution < 1.29 is 9.79 Å². The zero-order valence-electron chi connectivity index (χ0n) is 11.7. The summed E-state index contributed by atoms with van der Waals surface area (Å²) in [7, 11) is 0. The molecule has 0 saturated heterocycles. The van der Waals surface area contributed by atoms with Crippen molar-refractivity contribution in [2.75, 3.05) is 0 Å². The molecule has 0 amide bonds. The van der Waals surface area contributed by atoms with Gasteiger partial charge < -0.3 is 0 Å². The lowest BCUT2D eigenvalue weighted by molar-refractivity contribution is -0.543. The fourth-order valence-corrected chi connectivity index (χ4v) is 2.59. The Hall–Kier alpha value is -0.920. The van der Waals surface area contributed by atoms with Crippen molar-refractivity contribution in [2.24, 2.45) is 0 Å². The maximum Gasteiger partial charge on any atom is 0.162 e. The Kier molecular flexibility index (Phi) is 5.10. The van der Waals surface area contributed by atoms with Crippen LogP contribution in [0.3, 0.4) is 0 Å². The van der Waals surface area contributed by atoms with E-state index >= 15 is 0 Å². The highest BCUT2D eigenvalue weighted by Crippen LogP contribution is 2.23.